The van der Waals surface area contributed by atoms with Crippen molar-refractivity contribution in [3.05, 3.63) is 71.0 Å². The first kappa shape index (κ1) is 31.1. The molecule has 0 aromatic heterocycles. The van der Waals surface area contributed by atoms with Crippen molar-refractivity contribution in [1.82, 2.24) is 0 Å². The fourth-order valence-corrected chi connectivity index (χ4v) is 4.74. The minimum atomic E-state index is -5.13. The molecule has 4 atom stereocenters. The summed E-state index contributed by atoms with van der Waals surface area (Å²) < 4.78 is 65.0. The molecule has 0 saturated carbocycles. The molecule has 2 aliphatic heterocycles. The second-order valence-corrected chi connectivity index (χ2v) is 10.7. The summed E-state index contributed by atoms with van der Waals surface area (Å²) >= 11 is 0. The van der Waals surface area contributed by atoms with E-state index in [2.05, 4.69) is 0 Å². The molecule has 0 unspecified atom stereocenters. The number of carbonyl (C=O) groups excluding carboxylic acids is 3. The summed E-state index contributed by atoms with van der Waals surface area (Å²) in [7, 11) is 0.806. The van der Waals surface area contributed by atoms with Crippen LogP contribution in [0.25, 0.3) is 0 Å². The lowest BCUT2D eigenvalue weighted by atomic mass is 9.92. The molecule has 0 bridgehead atoms. The predicted octanol–water partition coefficient (Wildman–Crippen LogP) is 5.89. The third kappa shape index (κ3) is 6.66. The Hall–Kier alpha value is -3.40. The molecule has 40 heavy (non-hydrogen) atoms. The van der Waals surface area contributed by atoms with Gasteiger partial charge in [-0.25, -0.2) is 9.59 Å². The van der Waals surface area contributed by atoms with Crippen LogP contribution in [0.15, 0.2) is 65.5 Å². The average Bonchev–Trinajstić information content (AvgIpc) is 3.13. The van der Waals surface area contributed by atoms with Gasteiger partial charge in [0.2, 0.25) is 5.78 Å². The van der Waals surface area contributed by atoms with Crippen molar-refractivity contribution in [2.24, 2.45) is 5.92 Å². The fourth-order valence-electron chi connectivity index (χ4n) is 4.74. The second-order valence-electron chi connectivity index (χ2n) is 10.7. The Bertz CT molecular complexity index is 1210. The van der Waals surface area contributed by atoms with Crippen molar-refractivity contribution in [3.63, 3.8) is 0 Å². The molecule has 10 heteroatoms. The molecule has 0 fully saturated rings. The number of alkyl halides is 3. The molecule has 0 N–H and O–H groups in total. The fraction of sp³-hybridized carbons (Fsp3) is 0.500. The number of ketones is 1. The maximum atomic E-state index is 14.5. The van der Waals surface area contributed by atoms with E-state index in [-0.39, 0.29) is 18.1 Å². The number of esters is 2. The molecule has 2 heterocycles. The van der Waals surface area contributed by atoms with E-state index in [1.165, 1.54) is 30.4 Å². The highest BCUT2D eigenvalue weighted by atomic mass is 19.4. The van der Waals surface area contributed by atoms with Gasteiger partial charge in [-0.3, -0.25) is 4.79 Å². The van der Waals surface area contributed by atoms with Gasteiger partial charge in [0.15, 0.2) is 5.60 Å². The van der Waals surface area contributed by atoms with Gasteiger partial charge in [0.05, 0.1) is 0 Å². The highest BCUT2D eigenvalue weighted by molar-refractivity contribution is 5.98. The Kier molecular flexibility index (Phi) is 9.34. The lowest BCUT2D eigenvalue weighted by molar-refractivity contribution is -0.277. The molecule has 0 radical (unpaired) electrons. The van der Waals surface area contributed by atoms with Gasteiger partial charge >= 0.3 is 18.1 Å². The van der Waals surface area contributed by atoms with E-state index in [0.29, 0.717) is 24.2 Å². The van der Waals surface area contributed by atoms with Crippen molar-refractivity contribution in [3.8, 4) is 0 Å². The summed E-state index contributed by atoms with van der Waals surface area (Å²) in [4.78, 5) is 37.5. The SMILES string of the molecule is CO[C@](C(=O)O[C@@H](CC[C@@H](C)C1=CC(=O)C(C)(C)O1)/C(C)=C/[C@@H]1CC(C)=CC(=O)O1)(c1ccccc1)C(F)(F)F. The van der Waals surface area contributed by atoms with Gasteiger partial charge in [-0.1, -0.05) is 42.8 Å². The zero-order chi connectivity index (χ0) is 29.9. The molecular weight excluding hydrogens is 529 g/mol. The lowest BCUT2D eigenvalue weighted by Gasteiger charge is -2.34. The molecule has 2 aliphatic rings. The first-order chi connectivity index (χ1) is 18.6. The first-order valence-corrected chi connectivity index (χ1v) is 13.0. The molecule has 0 spiro atoms. The largest absolute Gasteiger partial charge is 0.484 e. The number of halogens is 3. The Morgan fingerprint density at radius 3 is 2.33 bits per heavy atom. The van der Waals surface area contributed by atoms with Crippen LogP contribution in [0.5, 0.6) is 0 Å². The molecule has 0 aliphatic carbocycles. The average molecular weight is 565 g/mol. The summed E-state index contributed by atoms with van der Waals surface area (Å²) in [5.41, 5.74) is -3.59. The minimum absolute atomic E-state index is 0.104. The van der Waals surface area contributed by atoms with Crippen LogP contribution in [-0.2, 0) is 38.9 Å². The summed E-state index contributed by atoms with van der Waals surface area (Å²) in [6, 6.07) is 6.57. The van der Waals surface area contributed by atoms with E-state index in [4.69, 9.17) is 18.9 Å². The zero-order valence-corrected chi connectivity index (χ0v) is 23.5. The number of ether oxygens (including phenoxy) is 4. The van der Waals surface area contributed by atoms with Gasteiger partial charge in [-0.15, -0.1) is 0 Å². The van der Waals surface area contributed by atoms with Crippen molar-refractivity contribution in [2.45, 2.75) is 83.5 Å². The molecule has 1 aromatic rings. The number of cyclic esters (lactones) is 1. The maximum absolute atomic E-state index is 14.5. The molecule has 0 amide bonds. The number of hydrogen-bond donors (Lipinski definition) is 0. The zero-order valence-electron chi connectivity index (χ0n) is 23.5. The Morgan fingerprint density at radius 2 is 1.80 bits per heavy atom. The van der Waals surface area contributed by atoms with Gasteiger partial charge in [0.1, 0.15) is 18.0 Å². The Labute approximate surface area is 232 Å². The number of hydrogen-bond acceptors (Lipinski definition) is 7. The standard InChI is InChI=1S/C30H35F3O7/c1-18-14-22(38-26(35)15-18)16-20(3)23(13-12-19(2)24-17-25(34)28(4,5)40-24)39-27(36)29(37-6,30(31,32)33)21-10-8-7-9-11-21/h7-11,15-17,19,22-23H,12-14H2,1-6H3/b20-16+/t19-,22+,23+,29+/m1/s1. The maximum Gasteiger partial charge on any atom is 0.432 e. The van der Waals surface area contributed by atoms with Crippen LogP contribution in [0, 0.1) is 5.92 Å². The summed E-state index contributed by atoms with van der Waals surface area (Å²) in [5.74, 6) is -2.18. The number of benzene rings is 1. The van der Waals surface area contributed by atoms with Crippen LogP contribution in [0.2, 0.25) is 0 Å². The molecule has 7 nitrogen and oxygen atoms in total. The van der Waals surface area contributed by atoms with Gasteiger partial charge in [0, 0.05) is 37.2 Å². The quantitative estimate of drug-likeness (QED) is 0.259. The van der Waals surface area contributed by atoms with E-state index in [0.717, 1.165) is 24.8 Å². The highest BCUT2D eigenvalue weighted by Gasteiger charge is 2.64. The van der Waals surface area contributed by atoms with Crippen molar-refractivity contribution < 1.29 is 46.5 Å². The summed E-state index contributed by atoms with van der Waals surface area (Å²) in [6.45, 7) is 8.48. The van der Waals surface area contributed by atoms with Crippen LogP contribution in [0.4, 0.5) is 13.2 Å². The molecule has 0 saturated heterocycles. The third-order valence-electron chi connectivity index (χ3n) is 7.12. The first-order valence-electron chi connectivity index (χ1n) is 13.0. The normalized spacial score (nSPS) is 22.3. The van der Waals surface area contributed by atoms with Crippen LogP contribution < -0.4 is 0 Å². The van der Waals surface area contributed by atoms with Gasteiger partial charge in [0.25, 0.3) is 5.60 Å². The summed E-state index contributed by atoms with van der Waals surface area (Å²) in [6.07, 6.45) is -1.74. The van der Waals surface area contributed by atoms with Crippen molar-refractivity contribution in [1.29, 1.82) is 0 Å². The van der Waals surface area contributed by atoms with Gasteiger partial charge in [-0.2, -0.15) is 13.2 Å². The monoisotopic (exact) mass is 564 g/mol. The second kappa shape index (κ2) is 12.0. The smallest absolute Gasteiger partial charge is 0.432 e. The lowest BCUT2D eigenvalue weighted by Crippen LogP contribution is -2.52. The van der Waals surface area contributed by atoms with Gasteiger partial charge in [-0.05, 0) is 52.2 Å². The number of allylic oxidation sites excluding steroid dienone is 1. The summed E-state index contributed by atoms with van der Waals surface area (Å²) in [5, 5.41) is 0. The molecule has 3 rings (SSSR count). The molecule has 218 valence electrons. The topological polar surface area (TPSA) is 88.1 Å². The van der Waals surface area contributed by atoms with E-state index in [1.807, 2.05) is 6.92 Å². The van der Waals surface area contributed by atoms with E-state index in [9.17, 15) is 27.6 Å². The van der Waals surface area contributed by atoms with Crippen LogP contribution >= 0.6 is 0 Å². The van der Waals surface area contributed by atoms with Gasteiger partial charge < -0.3 is 18.9 Å². The minimum Gasteiger partial charge on any atom is -0.484 e. The Morgan fingerprint density at radius 1 is 1.15 bits per heavy atom. The number of methoxy groups -OCH3 is 1. The van der Waals surface area contributed by atoms with Crippen LogP contribution in [0.3, 0.4) is 0 Å². The van der Waals surface area contributed by atoms with E-state index in [1.54, 1.807) is 33.8 Å². The van der Waals surface area contributed by atoms with E-state index >= 15 is 0 Å². The molecule has 1 aromatic carbocycles. The highest BCUT2D eigenvalue weighted by Crippen LogP contribution is 2.44. The predicted molar refractivity (Wildman–Crippen MR) is 140 cm³/mol. The third-order valence-corrected chi connectivity index (χ3v) is 7.12. The van der Waals surface area contributed by atoms with Crippen molar-refractivity contribution >= 4 is 17.7 Å². The van der Waals surface area contributed by atoms with Crippen molar-refractivity contribution in [2.75, 3.05) is 7.11 Å². The number of rotatable bonds is 10. The van der Waals surface area contributed by atoms with Crippen LogP contribution in [-0.4, -0.2) is 48.8 Å². The number of carbonyl (C=O) groups is 3. The van der Waals surface area contributed by atoms with Crippen LogP contribution in [0.1, 0.15) is 59.4 Å². The van der Waals surface area contributed by atoms with E-state index < -0.39 is 47.1 Å². The Balaban J connectivity index is 1.92. The molecular formula is C30H35F3O7.